The molecule has 5 N–H and O–H groups in total. The van der Waals surface area contributed by atoms with Gasteiger partial charge in [-0.2, -0.15) is 0 Å². The highest BCUT2D eigenvalue weighted by Gasteiger charge is 2.35. The Morgan fingerprint density at radius 1 is 1.00 bits per heavy atom. The minimum absolute atomic E-state index is 0.0294. The standard InChI is InChI=1S/C34H36N6O5/c1-19-23(7-6-8-24(19)38-31(42)20-9-12-22(13-10-20)34(2,3)4)26-18-39(5)32(43)30(37-26)36-25-17-21(29(35)41)11-14-27(25)40-16-15-28(40)33(44)45/h6-14,17-18,28H,15-16H2,1-5H3,(H2,35,41)(H,36,37)(H,38,42)(H,44,45). The number of carbonyl (C=O) groups excluding carboxylic acids is 2. The minimum atomic E-state index is -0.966. The van der Waals surface area contributed by atoms with Crippen molar-refractivity contribution in [2.24, 2.45) is 12.8 Å². The average molecular weight is 609 g/mol. The average Bonchev–Trinajstić information content (AvgIpc) is 2.96. The molecule has 1 aromatic heterocycles. The number of nitrogens with one attached hydrogen (secondary N) is 2. The largest absolute Gasteiger partial charge is 0.480 e. The molecule has 0 bridgehead atoms. The van der Waals surface area contributed by atoms with Crippen molar-refractivity contribution in [3.63, 3.8) is 0 Å². The summed E-state index contributed by atoms with van der Waals surface area (Å²) in [5.74, 6) is -1.92. The van der Waals surface area contributed by atoms with Crippen molar-refractivity contribution < 1.29 is 19.5 Å². The van der Waals surface area contributed by atoms with Crippen molar-refractivity contribution in [2.45, 2.75) is 45.6 Å². The Balaban J connectivity index is 1.48. The summed E-state index contributed by atoms with van der Waals surface area (Å²) in [6.45, 7) is 8.69. The summed E-state index contributed by atoms with van der Waals surface area (Å²) in [6, 6.07) is 16.8. The molecule has 1 fully saturated rings. The number of aromatic nitrogens is 2. The highest BCUT2D eigenvalue weighted by molar-refractivity contribution is 6.05. The second-order valence-corrected chi connectivity index (χ2v) is 12.2. The molecule has 0 saturated carbocycles. The van der Waals surface area contributed by atoms with Crippen molar-refractivity contribution in [3.8, 4) is 11.3 Å². The van der Waals surface area contributed by atoms with Crippen LogP contribution in [0.3, 0.4) is 0 Å². The van der Waals surface area contributed by atoms with Crippen LogP contribution in [0.1, 0.15) is 59.0 Å². The topological polar surface area (TPSA) is 160 Å². The third-order valence-electron chi connectivity index (χ3n) is 8.09. The summed E-state index contributed by atoms with van der Waals surface area (Å²) < 4.78 is 1.38. The second-order valence-electron chi connectivity index (χ2n) is 12.2. The van der Waals surface area contributed by atoms with E-state index in [1.54, 1.807) is 36.3 Å². The van der Waals surface area contributed by atoms with Crippen LogP contribution in [0.5, 0.6) is 0 Å². The number of primary amides is 1. The zero-order chi connectivity index (χ0) is 32.6. The zero-order valence-electron chi connectivity index (χ0n) is 25.8. The normalized spacial score (nSPS) is 14.4. The van der Waals surface area contributed by atoms with Crippen LogP contribution in [-0.2, 0) is 17.3 Å². The van der Waals surface area contributed by atoms with E-state index < -0.39 is 23.5 Å². The van der Waals surface area contributed by atoms with Crippen molar-refractivity contribution >= 4 is 40.7 Å². The molecular formula is C34H36N6O5. The molecule has 3 aromatic carbocycles. The predicted octanol–water partition coefficient (Wildman–Crippen LogP) is 4.81. The van der Waals surface area contributed by atoms with Gasteiger partial charge in [-0.25, -0.2) is 9.78 Å². The molecule has 2 heterocycles. The number of amides is 2. The number of nitrogens with two attached hydrogens (primary N) is 1. The van der Waals surface area contributed by atoms with E-state index in [9.17, 15) is 24.3 Å². The maximum atomic E-state index is 13.2. The monoisotopic (exact) mass is 608 g/mol. The molecule has 5 rings (SSSR count). The molecule has 45 heavy (non-hydrogen) atoms. The van der Waals surface area contributed by atoms with Crippen LogP contribution in [0.2, 0.25) is 0 Å². The van der Waals surface area contributed by atoms with Gasteiger partial charge in [0, 0.05) is 42.2 Å². The van der Waals surface area contributed by atoms with Crippen molar-refractivity contribution in [1.29, 1.82) is 0 Å². The number of benzene rings is 3. The fourth-order valence-electron chi connectivity index (χ4n) is 5.28. The zero-order valence-corrected chi connectivity index (χ0v) is 25.8. The first-order chi connectivity index (χ1) is 21.2. The van der Waals surface area contributed by atoms with Gasteiger partial charge in [0.25, 0.3) is 11.5 Å². The van der Waals surface area contributed by atoms with Gasteiger partial charge >= 0.3 is 5.97 Å². The molecule has 0 aliphatic carbocycles. The molecule has 1 unspecified atom stereocenters. The van der Waals surface area contributed by atoms with Crippen LogP contribution in [0.25, 0.3) is 11.3 Å². The van der Waals surface area contributed by atoms with Crippen LogP contribution in [0, 0.1) is 6.92 Å². The molecule has 1 atom stereocenters. The Morgan fingerprint density at radius 3 is 2.29 bits per heavy atom. The molecule has 1 saturated heterocycles. The molecule has 0 spiro atoms. The number of nitrogens with zero attached hydrogens (tertiary/aromatic N) is 3. The Kier molecular flexibility index (Phi) is 8.20. The number of carboxylic acids is 1. The molecule has 4 aromatic rings. The molecule has 2 amide bonds. The number of carboxylic acid groups (broad SMARTS) is 1. The van der Waals surface area contributed by atoms with E-state index in [0.717, 1.165) is 11.1 Å². The van der Waals surface area contributed by atoms with E-state index in [1.807, 2.05) is 37.3 Å². The predicted molar refractivity (Wildman–Crippen MR) is 174 cm³/mol. The highest BCUT2D eigenvalue weighted by Crippen LogP contribution is 2.36. The Hall–Kier alpha value is -5.45. The molecule has 0 radical (unpaired) electrons. The summed E-state index contributed by atoms with van der Waals surface area (Å²) >= 11 is 0. The van der Waals surface area contributed by atoms with Crippen molar-refractivity contribution in [3.05, 3.63) is 99.5 Å². The quantitative estimate of drug-likeness (QED) is 0.222. The number of anilines is 4. The molecular weight excluding hydrogens is 572 g/mol. The van der Waals surface area contributed by atoms with E-state index in [4.69, 9.17) is 5.73 Å². The summed E-state index contributed by atoms with van der Waals surface area (Å²) in [5.41, 5.74) is 10.2. The number of aryl methyl sites for hydroxylation is 1. The maximum absolute atomic E-state index is 13.2. The molecule has 1 aliphatic heterocycles. The van der Waals surface area contributed by atoms with Crippen LogP contribution in [0.4, 0.5) is 22.9 Å². The van der Waals surface area contributed by atoms with Crippen molar-refractivity contribution in [2.75, 3.05) is 22.1 Å². The minimum Gasteiger partial charge on any atom is -0.480 e. The van der Waals surface area contributed by atoms with Gasteiger partial charge in [0.05, 0.1) is 17.1 Å². The van der Waals surface area contributed by atoms with Gasteiger partial charge in [-0.15, -0.1) is 0 Å². The Morgan fingerprint density at radius 2 is 1.69 bits per heavy atom. The first-order valence-corrected chi connectivity index (χ1v) is 14.5. The number of hydrogen-bond donors (Lipinski definition) is 4. The van der Waals surface area contributed by atoms with Gasteiger partial charge in [-0.1, -0.05) is 45.0 Å². The lowest BCUT2D eigenvalue weighted by Gasteiger charge is -2.41. The molecule has 11 heteroatoms. The lowest BCUT2D eigenvalue weighted by Crippen LogP contribution is -2.52. The first kappa shape index (κ1) is 31.0. The number of rotatable bonds is 8. The number of hydrogen-bond acceptors (Lipinski definition) is 7. The maximum Gasteiger partial charge on any atom is 0.326 e. The second kappa shape index (κ2) is 11.9. The van der Waals surface area contributed by atoms with Gasteiger partial charge in [0.15, 0.2) is 5.82 Å². The molecule has 232 valence electrons. The SMILES string of the molecule is Cc1c(NC(=O)c2ccc(C(C)(C)C)cc2)cccc1-c1cn(C)c(=O)c(Nc2cc(C(N)=O)ccc2N2CCC2C(=O)O)n1. The fraction of sp³-hybridized carbons (Fsp3) is 0.265. The van der Waals surface area contributed by atoms with Crippen LogP contribution in [-0.4, -0.2) is 45.0 Å². The third-order valence-corrected chi connectivity index (χ3v) is 8.09. The van der Waals surface area contributed by atoms with E-state index in [1.165, 1.54) is 16.7 Å². The van der Waals surface area contributed by atoms with E-state index >= 15 is 0 Å². The van der Waals surface area contributed by atoms with E-state index in [2.05, 4.69) is 36.4 Å². The van der Waals surface area contributed by atoms with Crippen LogP contribution in [0.15, 0.2) is 71.7 Å². The summed E-state index contributed by atoms with van der Waals surface area (Å²) in [5, 5.41) is 15.6. The van der Waals surface area contributed by atoms with Gasteiger partial charge in [0.1, 0.15) is 6.04 Å². The van der Waals surface area contributed by atoms with Crippen LogP contribution < -0.4 is 26.8 Å². The summed E-state index contributed by atoms with van der Waals surface area (Å²) in [6.07, 6.45) is 2.07. The van der Waals surface area contributed by atoms with E-state index in [-0.39, 0.29) is 22.7 Å². The summed E-state index contributed by atoms with van der Waals surface area (Å²) in [7, 11) is 1.59. The third kappa shape index (κ3) is 6.28. The number of aliphatic carboxylic acids is 1. The summed E-state index contributed by atoms with van der Waals surface area (Å²) in [4.78, 5) is 56.4. The molecule has 1 aliphatic rings. The fourth-order valence-corrected chi connectivity index (χ4v) is 5.28. The van der Waals surface area contributed by atoms with Gasteiger partial charge in [-0.05, 0) is 66.3 Å². The van der Waals surface area contributed by atoms with Gasteiger partial charge < -0.3 is 30.9 Å². The van der Waals surface area contributed by atoms with Crippen LogP contribution >= 0.6 is 0 Å². The first-order valence-electron chi connectivity index (χ1n) is 14.5. The van der Waals surface area contributed by atoms with Crippen molar-refractivity contribution in [1.82, 2.24) is 9.55 Å². The smallest absolute Gasteiger partial charge is 0.326 e. The highest BCUT2D eigenvalue weighted by atomic mass is 16.4. The lowest BCUT2D eigenvalue weighted by molar-refractivity contribution is -0.139. The number of carbonyl (C=O) groups is 3. The molecule has 11 nitrogen and oxygen atoms in total. The van der Waals surface area contributed by atoms with Gasteiger partial charge in [-0.3, -0.25) is 14.4 Å². The van der Waals surface area contributed by atoms with E-state index in [0.29, 0.717) is 46.8 Å². The Labute approximate surface area is 260 Å². The Bertz CT molecular complexity index is 1870. The van der Waals surface area contributed by atoms with Gasteiger partial charge in [0.2, 0.25) is 5.91 Å². The lowest BCUT2D eigenvalue weighted by atomic mass is 9.86.